The maximum absolute atomic E-state index is 9.39. The quantitative estimate of drug-likeness (QED) is 0.646. The number of nitrogens with zero attached hydrogens (tertiary/aromatic N) is 2. The Hall–Kier alpha value is -0.940. The van der Waals surface area contributed by atoms with Crippen molar-refractivity contribution < 1.29 is 9.63 Å². The number of rotatable bonds is 5. The second kappa shape index (κ2) is 4.34. The minimum absolute atomic E-state index is 0.576. The molecule has 0 spiro atoms. The van der Waals surface area contributed by atoms with Gasteiger partial charge in [0.25, 0.3) is 0 Å². The lowest BCUT2D eigenvalue weighted by Gasteiger charge is -2.16. The van der Waals surface area contributed by atoms with Gasteiger partial charge in [-0.15, -0.1) is 0 Å². The van der Waals surface area contributed by atoms with E-state index in [9.17, 15) is 5.11 Å². The molecule has 1 aromatic rings. The average Bonchev–Trinajstić information content (AvgIpc) is 2.48. The van der Waals surface area contributed by atoms with Gasteiger partial charge in [0.15, 0.2) is 5.82 Å². The Labute approximate surface area is 77.2 Å². The van der Waals surface area contributed by atoms with Crippen molar-refractivity contribution in [2.45, 2.75) is 32.4 Å². The molecule has 0 radical (unpaired) electrons. The van der Waals surface area contributed by atoms with Gasteiger partial charge in [-0.25, -0.2) is 0 Å². The first-order chi connectivity index (χ1) is 6.08. The van der Waals surface area contributed by atoms with E-state index in [1.54, 1.807) is 13.8 Å². The fraction of sp³-hybridized carbons (Fsp3) is 0.750. The number of hydrogen-bond acceptors (Lipinski definition) is 5. The second-order valence-corrected chi connectivity index (χ2v) is 3.59. The van der Waals surface area contributed by atoms with Crippen LogP contribution in [0.1, 0.15) is 26.1 Å². The Morgan fingerprint density at radius 2 is 2.38 bits per heavy atom. The molecule has 0 bridgehead atoms. The fourth-order valence-electron chi connectivity index (χ4n) is 0.865. The Morgan fingerprint density at radius 1 is 1.62 bits per heavy atom. The van der Waals surface area contributed by atoms with Crippen LogP contribution < -0.4 is 5.32 Å². The zero-order valence-electron chi connectivity index (χ0n) is 7.95. The molecule has 0 amide bonds. The molecular formula is C8H15N3O2. The van der Waals surface area contributed by atoms with Crippen LogP contribution in [0.4, 0.5) is 0 Å². The van der Waals surface area contributed by atoms with Crippen LogP contribution in [0.15, 0.2) is 10.9 Å². The molecule has 1 aromatic heterocycles. The molecule has 5 nitrogen and oxygen atoms in total. The predicted octanol–water partition coefficient (Wildman–Crippen LogP) is 0.320. The number of aromatic nitrogens is 2. The van der Waals surface area contributed by atoms with E-state index < -0.39 is 5.60 Å². The largest absolute Gasteiger partial charge is 0.390 e. The van der Waals surface area contributed by atoms with Crippen LogP contribution in [0.5, 0.6) is 0 Å². The van der Waals surface area contributed by atoms with Crippen LogP contribution in [0.2, 0.25) is 0 Å². The van der Waals surface area contributed by atoms with Gasteiger partial charge >= 0.3 is 0 Å². The summed E-state index contributed by atoms with van der Waals surface area (Å²) in [6.45, 7) is 4.87. The summed E-state index contributed by atoms with van der Waals surface area (Å²) in [6, 6.07) is 0. The molecule has 74 valence electrons. The second-order valence-electron chi connectivity index (χ2n) is 3.59. The van der Waals surface area contributed by atoms with Crippen molar-refractivity contribution in [2.24, 2.45) is 0 Å². The number of aliphatic hydroxyl groups is 1. The maximum atomic E-state index is 9.39. The fourth-order valence-corrected chi connectivity index (χ4v) is 0.865. The van der Waals surface area contributed by atoms with E-state index in [1.165, 1.54) is 6.39 Å². The molecule has 0 atom stereocenters. The highest BCUT2D eigenvalue weighted by Crippen LogP contribution is 2.04. The van der Waals surface area contributed by atoms with Crippen molar-refractivity contribution in [3.63, 3.8) is 0 Å². The highest BCUT2D eigenvalue weighted by molar-refractivity contribution is 4.76. The molecule has 0 saturated heterocycles. The summed E-state index contributed by atoms with van der Waals surface area (Å²) in [5.74, 6) is 0.635. The molecular weight excluding hydrogens is 170 g/mol. The van der Waals surface area contributed by atoms with E-state index in [4.69, 9.17) is 0 Å². The normalized spacial score (nSPS) is 11.9. The molecule has 1 rings (SSSR count). The molecule has 0 saturated carbocycles. The van der Waals surface area contributed by atoms with E-state index in [0.29, 0.717) is 18.8 Å². The first-order valence-electron chi connectivity index (χ1n) is 4.26. The maximum Gasteiger partial charge on any atom is 0.213 e. The highest BCUT2D eigenvalue weighted by Gasteiger charge is 2.11. The van der Waals surface area contributed by atoms with Crippen molar-refractivity contribution in [3.05, 3.63) is 12.2 Å². The zero-order valence-corrected chi connectivity index (χ0v) is 7.95. The third kappa shape index (κ3) is 4.59. The van der Waals surface area contributed by atoms with Crippen LogP contribution >= 0.6 is 0 Å². The Kier molecular flexibility index (Phi) is 3.39. The highest BCUT2D eigenvalue weighted by atomic mass is 16.5. The van der Waals surface area contributed by atoms with Gasteiger partial charge in [0, 0.05) is 0 Å². The Balaban J connectivity index is 2.09. The summed E-state index contributed by atoms with van der Waals surface area (Å²) in [5, 5.41) is 16.1. The average molecular weight is 185 g/mol. The smallest absolute Gasteiger partial charge is 0.213 e. The van der Waals surface area contributed by atoms with Gasteiger partial charge in [-0.05, 0) is 26.8 Å². The number of nitrogens with one attached hydrogen (secondary N) is 1. The predicted molar refractivity (Wildman–Crippen MR) is 46.9 cm³/mol. The zero-order chi connectivity index (χ0) is 9.73. The van der Waals surface area contributed by atoms with Crippen LogP contribution in [-0.2, 0) is 6.54 Å². The summed E-state index contributed by atoms with van der Waals surface area (Å²) in [4.78, 5) is 3.85. The molecule has 0 aliphatic carbocycles. The monoisotopic (exact) mass is 185 g/mol. The Bertz CT molecular complexity index is 228. The molecule has 13 heavy (non-hydrogen) atoms. The summed E-state index contributed by atoms with van der Waals surface area (Å²) < 4.78 is 4.56. The van der Waals surface area contributed by atoms with Gasteiger partial charge < -0.3 is 14.9 Å². The van der Waals surface area contributed by atoms with Crippen molar-refractivity contribution in [2.75, 3.05) is 6.54 Å². The summed E-state index contributed by atoms with van der Waals surface area (Å²) in [5.41, 5.74) is -0.621. The van der Waals surface area contributed by atoms with Gasteiger partial charge in [-0.2, -0.15) is 4.98 Å². The molecule has 0 fully saturated rings. The standard InChI is InChI=1S/C8H15N3O2/c1-8(2,12)3-4-9-5-7-10-6-13-11-7/h6,9,12H,3-5H2,1-2H3. The third-order valence-corrected chi connectivity index (χ3v) is 1.60. The lowest BCUT2D eigenvalue weighted by Crippen LogP contribution is -2.26. The van der Waals surface area contributed by atoms with E-state index in [-0.39, 0.29) is 0 Å². The van der Waals surface area contributed by atoms with Gasteiger partial charge in [-0.1, -0.05) is 5.16 Å². The molecule has 0 aliphatic heterocycles. The van der Waals surface area contributed by atoms with Crippen molar-refractivity contribution in [1.29, 1.82) is 0 Å². The van der Waals surface area contributed by atoms with E-state index in [0.717, 1.165) is 6.54 Å². The van der Waals surface area contributed by atoms with E-state index in [1.807, 2.05) is 0 Å². The minimum atomic E-state index is -0.621. The van der Waals surface area contributed by atoms with Crippen LogP contribution in [0.25, 0.3) is 0 Å². The summed E-state index contributed by atoms with van der Waals surface area (Å²) in [6.07, 6.45) is 2.00. The molecule has 0 unspecified atom stereocenters. The first kappa shape index (κ1) is 10.1. The van der Waals surface area contributed by atoms with Crippen molar-refractivity contribution in [3.8, 4) is 0 Å². The van der Waals surface area contributed by atoms with Gasteiger partial charge in [-0.3, -0.25) is 0 Å². The lowest BCUT2D eigenvalue weighted by atomic mass is 10.1. The molecule has 1 heterocycles. The minimum Gasteiger partial charge on any atom is -0.390 e. The SMILES string of the molecule is CC(C)(O)CCNCc1ncon1. The molecule has 0 aliphatic rings. The Morgan fingerprint density at radius 3 is 2.92 bits per heavy atom. The molecule has 0 aromatic carbocycles. The third-order valence-electron chi connectivity index (χ3n) is 1.60. The van der Waals surface area contributed by atoms with Crippen molar-refractivity contribution >= 4 is 0 Å². The van der Waals surface area contributed by atoms with Crippen molar-refractivity contribution in [1.82, 2.24) is 15.5 Å². The van der Waals surface area contributed by atoms with Crippen LogP contribution in [0, 0.1) is 0 Å². The molecule has 2 N–H and O–H groups in total. The van der Waals surface area contributed by atoms with Gasteiger partial charge in [0.1, 0.15) is 0 Å². The van der Waals surface area contributed by atoms with Crippen LogP contribution in [-0.4, -0.2) is 27.4 Å². The van der Waals surface area contributed by atoms with E-state index >= 15 is 0 Å². The summed E-state index contributed by atoms with van der Waals surface area (Å²) >= 11 is 0. The number of hydrogen-bond donors (Lipinski definition) is 2. The van der Waals surface area contributed by atoms with Gasteiger partial charge in [0.2, 0.25) is 6.39 Å². The molecule has 5 heteroatoms. The van der Waals surface area contributed by atoms with E-state index in [2.05, 4.69) is 20.0 Å². The lowest BCUT2D eigenvalue weighted by molar-refractivity contribution is 0.0710. The van der Waals surface area contributed by atoms with Gasteiger partial charge in [0.05, 0.1) is 12.1 Å². The van der Waals surface area contributed by atoms with Crippen LogP contribution in [0.3, 0.4) is 0 Å². The summed E-state index contributed by atoms with van der Waals surface area (Å²) in [7, 11) is 0. The first-order valence-corrected chi connectivity index (χ1v) is 4.26. The topological polar surface area (TPSA) is 71.2 Å².